The van der Waals surface area contributed by atoms with Gasteiger partial charge in [0.25, 0.3) is 6.01 Å². The molecule has 324 valence electrons. The van der Waals surface area contributed by atoms with Gasteiger partial charge in [0.1, 0.15) is 16.6 Å². The summed E-state index contributed by atoms with van der Waals surface area (Å²) in [6, 6.07) is 6.55. The molecule has 2 aliphatic rings. The van der Waals surface area contributed by atoms with E-state index in [-0.39, 0.29) is 36.2 Å². The number of nitrogens with one attached hydrogen (secondary N) is 3. The Hall–Kier alpha value is -3.42. The fourth-order valence-corrected chi connectivity index (χ4v) is 9.76. The summed E-state index contributed by atoms with van der Waals surface area (Å²) in [6.07, 6.45) is 10.4. The highest BCUT2D eigenvalue weighted by Gasteiger charge is 2.57. The third-order valence-electron chi connectivity index (χ3n) is 11.2. The average Bonchev–Trinajstić information content (AvgIpc) is 3.45. The molecule has 2 heterocycles. The van der Waals surface area contributed by atoms with Crippen molar-refractivity contribution in [3.05, 3.63) is 54.2 Å². The maximum absolute atomic E-state index is 15.0. The van der Waals surface area contributed by atoms with E-state index < -0.39 is 34.8 Å². The first-order chi connectivity index (χ1) is 28.1. The number of aromatic nitrogens is 3. The van der Waals surface area contributed by atoms with Crippen molar-refractivity contribution in [1.82, 2.24) is 34.2 Å². The van der Waals surface area contributed by atoms with E-state index >= 15 is 0 Å². The molecular formula is C44H66N7O5PS2. The lowest BCUT2D eigenvalue weighted by atomic mass is 9.83. The van der Waals surface area contributed by atoms with Gasteiger partial charge < -0.3 is 19.9 Å². The Labute approximate surface area is 360 Å². The van der Waals surface area contributed by atoms with Crippen LogP contribution < -0.4 is 20.1 Å². The zero-order chi connectivity index (χ0) is 42.9. The van der Waals surface area contributed by atoms with Gasteiger partial charge >= 0.3 is 0 Å². The lowest BCUT2D eigenvalue weighted by Gasteiger charge is -2.32. The van der Waals surface area contributed by atoms with Crippen molar-refractivity contribution in [2.45, 2.75) is 135 Å². The molecule has 2 aromatic heterocycles. The van der Waals surface area contributed by atoms with Gasteiger partial charge in [-0.3, -0.25) is 18.9 Å². The normalized spacial score (nSPS) is 20.3. The molecule has 5 rings (SSSR count). The molecule has 0 saturated heterocycles. The first kappa shape index (κ1) is 46.6. The molecular weight excluding hydrogens is 802 g/mol. The number of fused-ring (bicyclic) bond motifs is 1. The minimum atomic E-state index is -1.55. The van der Waals surface area contributed by atoms with Crippen molar-refractivity contribution in [3.63, 3.8) is 0 Å². The lowest BCUT2D eigenvalue weighted by molar-refractivity contribution is -0.130. The Morgan fingerprint density at radius 3 is 2.58 bits per heavy atom. The number of amides is 2. The summed E-state index contributed by atoms with van der Waals surface area (Å²) in [7, 11) is 4.08. The molecule has 59 heavy (non-hydrogen) atoms. The van der Waals surface area contributed by atoms with Crippen LogP contribution in [-0.4, -0.2) is 79.5 Å². The van der Waals surface area contributed by atoms with Crippen LogP contribution in [0.15, 0.2) is 48.5 Å². The molecule has 12 nitrogen and oxygen atoms in total. The SMILES string of the molecule is C=CC1C[C@]1(NC(=O)C(C[C@H](CNC=O)Oc1nc2c(-c3nc(C4CCC4)cs3)cccc2n1C(C)C)[C@H](CCCCCC)OP=CC(C)(C)C)C(=C)NS(=O)N(C)C. The number of para-hydroxylation sites is 1. The summed E-state index contributed by atoms with van der Waals surface area (Å²) < 4.78 is 33.0. The predicted octanol–water partition coefficient (Wildman–Crippen LogP) is 8.88. The second kappa shape index (κ2) is 20.9. The van der Waals surface area contributed by atoms with Gasteiger partial charge in [-0.2, -0.15) is 4.98 Å². The molecule has 2 saturated carbocycles. The van der Waals surface area contributed by atoms with Crippen molar-refractivity contribution < 1.29 is 23.1 Å². The number of thiazole rings is 1. The van der Waals surface area contributed by atoms with Crippen LogP contribution in [0.4, 0.5) is 0 Å². The molecule has 0 aliphatic heterocycles. The van der Waals surface area contributed by atoms with E-state index in [1.165, 1.54) is 19.3 Å². The summed E-state index contributed by atoms with van der Waals surface area (Å²) >= 11 is 0.0990. The summed E-state index contributed by atoms with van der Waals surface area (Å²) in [4.78, 5) is 37.0. The zero-order valence-corrected chi connectivity index (χ0v) is 38.8. The number of imidazole rings is 1. The summed E-state index contributed by atoms with van der Waals surface area (Å²) in [5.74, 6) is 1.60. The summed E-state index contributed by atoms with van der Waals surface area (Å²) in [5.41, 5.74) is 3.30. The number of carbonyl (C=O) groups is 2. The molecule has 2 amide bonds. The van der Waals surface area contributed by atoms with E-state index in [9.17, 15) is 13.8 Å². The van der Waals surface area contributed by atoms with Gasteiger partial charge in [0, 0.05) is 55.0 Å². The monoisotopic (exact) mass is 867 g/mol. The molecule has 3 N–H and O–H groups in total. The molecule has 0 bridgehead atoms. The van der Waals surface area contributed by atoms with E-state index in [2.05, 4.69) is 91.9 Å². The van der Waals surface area contributed by atoms with Gasteiger partial charge in [0.05, 0.1) is 43.7 Å². The van der Waals surface area contributed by atoms with Crippen LogP contribution in [0.2, 0.25) is 0 Å². The van der Waals surface area contributed by atoms with Crippen LogP contribution in [0, 0.1) is 17.3 Å². The minimum absolute atomic E-state index is 0.0102. The first-order valence-electron chi connectivity index (χ1n) is 21.1. The van der Waals surface area contributed by atoms with Crippen LogP contribution in [-0.2, 0) is 25.3 Å². The van der Waals surface area contributed by atoms with Gasteiger partial charge in [0.2, 0.25) is 12.3 Å². The molecule has 1 aromatic carbocycles. The number of carbonyl (C=O) groups excluding carboxylic acids is 2. The zero-order valence-electron chi connectivity index (χ0n) is 36.3. The highest BCUT2D eigenvalue weighted by Crippen LogP contribution is 2.49. The fourth-order valence-electron chi connectivity index (χ4n) is 7.47. The Morgan fingerprint density at radius 1 is 1.20 bits per heavy atom. The van der Waals surface area contributed by atoms with Gasteiger partial charge in [-0.15, -0.1) is 17.9 Å². The maximum Gasteiger partial charge on any atom is 0.297 e. The number of benzene rings is 1. The first-order valence-corrected chi connectivity index (χ1v) is 24.0. The molecule has 2 aliphatic carbocycles. The molecule has 3 unspecified atom stereocenters. The Kier molecular flexibility index (Phi) is 16.5. The third kappa shape index (κ3) is 11.9. The van der Waals surface area contributed by atoms with Crippen LogP contribution in [0.25, 0.3) is 21.6 Å². The topological polar surface area (TPSA) is 140 Å². The third-order valence-corrected chi connectivity index (χ3v) is 14.4. The van der Waals surface area contributed by atoms with Crippen LogP contribution in [0.5, 0.6) is 6.01 Å². The highest BCUT2D eigenvalue weighted by molar-refractivity contribution is 7.80. The Bertz CT molecular complexity index is 1970. The van der Waals surface area contributed by atoms with Crippen molar-refractivity contribution in [3.8, 4) is 16.6 Å². The molecule has 0 radical (unpaired) electrons. The smallest absolute Gasteiger partial charge is 0.297 e. The van der Waals surface area contributed by atoms with Crippen LogP contribution in [0.1, 0.15) is 123 Å². The average molecular weight is 868 g/mol. The van der Waals surface area contributed by atoms with E-state index in [1.54, 1.807) is 35.8 Å². The second-order valence-electron chi connectivity index (χ2n) is 17.6. The highest BCUT2D eigenvalue weighted by atomic mass is 32.2. The fraction of sp³-hybridized carbons (Fsp3) is 0.614. The predicted molar refractivity (Wildman–Crippen MR) is 244 cm³/mol. The maximum atomic E-state index is 15.0. The lowest BCUT2D eigenvalue weighted by Crippen LogP contribution is -2.50. The largest absolute Gasteiger partial charge is 0.459 e. The van der Waals surface area contributed by atoms with Crippen molar-refractivity contribution in [2.75, 3.05) is 20.6 Å². The second-order valence-corrected chi connectivity index (χ2v) is 20.6. The van der Waals surface area contributed by atoms with Crippen LogP contribution >= 0.6 is 19.8 Å². The molecule has 2 fully saturated rings. The van der Waals surface area contributed by atoms with E-state index in [4.69, 9.17) is 19.2 Å². The van der Waals surface area contributed by atoms with Crippen molar-refractivity contribution in [2.24, 2.45) is 17.3 Å². The Balaban J connectivity index is 1.53. The molecule has 15 heteroatoms. The van der Waals surface area contributed by atoms with Gasteiger partial charge in [-0.1, -0.05) is 78.5 Å². The van der Waals surface area contributed by atoms with Crippen LogP contribution in [0.3, 0.4) is 0 Å². The van der Waals surface area contributed by atoms with Crippen molar-refractivity contribution >= 4 is 60.1 Å². The number of hydrogen-bond donors (Lipinski definition) is 3. The number of nitrogens with zero attached hydrogens (tertiary/aromatic N) is 4. The Morgan fingerprint density at radius 2 is 1.97 bits per heavy atom. The standard InChI is InChI=1S/C44H66N7O5PS2/c1-11-13-14-15-22-38(56-57-27-43(6,7)8)35(40(53)48-44(24-32(44)12-2)30(5)49-59(54)50(9)10)23-33(25-45-28-52)55-42-47-39-34(20-17-21-37(39)51(42)29(3)4)41-46-36(26-58-41)31-18-16-19-31/h12,17,20-21,26-29,31-33,35,38,49H,2,5,11,13-16,18-19,22-25H2,1,3-4,6-10H3,(H,45,52)(H,48,53)/t32?,33-,35?,38+,44+,59?/m1/s1. The van der Waals surface area contributed by atoms with Crippen molar-refractivity contribution in [1.29, 1.82) is 0 Å². The number of hydrogen-bond acceptors (Lipinski definition) is 8. The summed E-state index contributed by atoms with van der Waals surface area (Å²) in [6.45, 7) is 21.1. The van der Waals surface area contributed by atoms with Gasteiger partial charge in [-0.05, 0) is 62.9 Å². The van der Waals surface area contributed by atoms with E-state index in [1.807, 2.05) is 12.1 Å². The van der Waals surface area contributed by atoms with Gasteiger partial charge in [0.15, 0.2) is 11.2 Å². The molecule has 6 atom stereocenters. The van der Waals surface area contributed by atoms with E-state index in [0.717, 1.165) is 53.0 Å². The van der Waals surface area contributed by atoms with Gasteiger partial charge in [-0.25, -0.2) is 13.5 Å². The summed E-state index contributed by atoms with van der Waals surface area (Å²) in [5, 5.41) is 9.28. The minimum Gasteiger partial charge on any atom is -0.459 e. The quantitative estimate of drug-likeness (QED) is 0.0335. The van der Waals surface area contributed by atoms with E-state index in [0.29, 0.717) is 45.3 Å². The number of unbranched alkanes of at least 4 members (excludes halogenated alkanes) is 3. The number of ether oxygens (including phenoxy) is 1. The molecule has 0 spiro atoms. The molecule has 3 aromatic rings. The number of rotatable bonds is 25.